The van der Waals surface area contributed by atoms with E-state index in [0.717, 1.165) is 0 Å². The molecular weight excluding hydrogens is 292 g/mol. The van der Waals surface area contributed by atoms with Gasteiger partial charge < -0.3 is 14.2 Å². The number of carbonyl (C=O) groups is 1. The lowest BCUT2D eigenvalue weighted by atomic mass is 10.3. The normalized spacial score (nSPS) is 13.3. The molecule has 2 unspecified atom stereocenters. The lowest BCUT2D eigenvalue weighted by Crippen LogP contribution is -2.21. The van der Waals surface area contributed by atoms with Crippen LogP contribution in [0.2, 0.25) is 0 Å². The summed E-state index contributed by atoms with van der Waals surface area (Å²) < 4.78 is 27.6. The standard InChI is InChI=1S/C15H22O5S/c1-4-19-13-7-5-6-8-14(13)20-9-10-21(17)12(2)11-15(16)18-3/h5-8,12H,4,9-11H2,1-3H3. The lowest BCUT2D eigenvalue weighted by Gasteiger charge is -2.13. The van der Waals surface area contributed by atoms with Crippen molar-refractivity contribution in [2.24, 2.45) is 0 Å². The highest BCUT2D eigenvalue weighted by Gasteiger charge is 2.16. The maximum atomic E-state index is 12.0. The van der Waals surface area contributed by atoms with Crippen molar-refractivity contribution in [2.75, 3.05) is 26.1 Å². The molecule has 0 bridgehead atoms. The quantitative estimate of drug-likeness (QED) is 0.654. The van der Waals surface area contributed by atoms with Crippen molar-refractivity contribution >= 4 is 16.8 Å². The number of para-hydroxylation sites is 2. The zero-order valence-electron chi connectivity index (χ0n) is 12.7. The highest BCUT2D eigenvalue weighted by Crippen LogP contribution is 2.26. The maximum Gasteiger partial charge on any atom is 0.306 e. The summed E-state index contributed by atoms with van der Waals surface area (Å²) in [6.45, 7) is 4.53. The second-order valence-corrected chi connectivity index (χ2v) is 6.38. The van der Waals surface area contributed by atoms with Gasteiger partial charge in [0.1, 0.15) is 0 Å². The van der Waals surface area contributed by atoms with Crippen molar-refractivity contribution in [3.05, 3.63) is 24.3 Å². The van der Waals surface area contributed by atoms with Gasteiger partial charge in [0.05, 0.1) is 32.5 Å². The van der Waals surface area contributed by atoms with Crippen LogP contribution in [0.15, 0.2) is 24.3 Å². The molecule has 0 heterocycles. The number of ether oxygens (including phenoxy) is 3. The zero-order valence-corrected chi connectivity index (χ0v) is 13.5. The molecule has 0 N–H and O–H groups in total. The van der Waals surface area contributed by atoms with Crippen molar-refractivity contribution in [1.29, 1.82) is 0 Å². The largest absolute Gasteiger partial charge is 0.490 e. The summed E-state index contributed by atoms with van der Waals surface area (Å²) in [5.41, 5.74) is 0. The summed E-state index contributed by atoms with van der Waals surface area (Å²) >= 11 is 0. The Morgan fingerprint density at radius 2 is 1.86 bits per heavy atom. The predicted octanol–water partition coefficient (Wildman–Crippen LogP) is 2.16. The van der Waals surface area contributed by atoms with Gasteiger partial charge in [-0.3, -0.25) is 9.00 Å². The van der Waals surface area contributed by atoms with Gasteiger partial charge in [0.2, 0.25) is 0 Å². The fourth-order valence-electron chi connectivity index (χ4n) is 1.69. The van der Waals surface area contributed by atoms with E-state index in [-0.39, 0.29) is 17.6 Å². The van der Waals surface area contributed by atoms with Gasteiger partial charge in [-0.2, -0.15) is 0 Å². The van der Waals surface area contributed by atoms with E-state index in [2.05, 4.69) is 4.74 Å². The highest BCUT2D eigenvalue weighted by atomic mass is 32.2. The second-order valence-electron chi connectivity index (χ2n) is 4.40. The fraction of sp³-hybridized carbons (Fsp3) is 0.533. The van der Waals surface area contributed by atoms with Crippen LogP contribution >= 0.6 is 0 Å². The molecule has 0 saturated heterocycles. The number of rotatable bonds is 9. The fourth-order valence-corrected chi connectivity index (χ4v) is 2.66. The van der Waals surface area contributed by atoms with Gasteiger partial charge in [0.25, 0.3) is 0 Å². The van der Waals surface area contributed by atoms with E-state index in [1.165, 1.54) is 7.11 Å². The van der Waals surface area contributed by atoms with Crippen LogP contribution in [-0.4, -0.2) is 41.5 Å². The summed E-state index contributed by atoms with van der Waals surface area (Å²) in [7, 11) is 0.188. The lowest BCUT2D eigenvalue weighted by molar-refractivity contribution is -0.140. The van der Waals surface area contributed by atoms with Gasteiger partial charge in [-0.25, -0.2) is 0 Å². The van der Waals surface area contributed by atoms with E-state index in [9.17, 15) is 9.00 Å². The van der Waals surface area contributed by atoms with Crippen LogP contribution in [0.3, 0.4) is 0 Å². The molecule has 0 saturated carbocycles. The molecule has 1 rings (SSSR count). The Balaban J connectivity index is 2.42. The zero-order chi connectivity index (χ0) is 15.7. The van der Waals surface area contributed by atoms with Crippen LogP contribution in [0, 0.1) is 0 Å². The molecule has 0 aromatic heterocycles. The van der Waals surface area contributed by atoms with Gasteiger partial charge in [-0.15, -0.1) is 0 Å². The molecule has 0 amide bonds. The van der Waals surface area contributed by atoms with Crippen LogP contribution in [0.25, 0.3) is 0 Å². The molecule has 0 radical (unpaired) electrons. The van der Waals surface area contributed by atoms with Crippen molar-refractivity contribution < 1.29 is 23.2 Å². The minimum atomic E-state index is -1.14. The van der Waals surface area contributed by atoms with Crippen LogP contribution < -0.4 is 9.47 Å². The third-order valence-corrected chi connectivity index (χ3v) is 4.45. The molecule has 0 aliphatic carbocycles. The number of carbonyl (C=O) groups excluding carboxylic acids is 1. The summed E-state index contributed by atoms with van der Waals surface area (Å²) in [6, 6.07) is 7.37. The Bertz CT molecular complexity index is 475. The van der Waals surface area contributed by atoms with E-state index in [1.54, 1.807) is 6.92 Å². The summed E-state index contributed by atoms with van der Waals surface area (Å²) in [5.74, 6) is 1.32. The molecule has 21 heavy (non-hydrogen) atoms. The van der Waals surface area contributed by atoms with Crippen LogP contribution in [0.4, 0.5) is 0 Å². The van der Waals surface area contributed by atoms with Gasteiger partial charge in [0.15, 0.2) is 11.5 Å². The first-order valence-electron chi connectivity index (χ1n) is 6.87. The first-order valence-corrected chi connectivity index (χ1v) is 8.25. The SMILES string of the molecule is CCOc1ccccc1OCCS(=O)C(C)CC(=O)OC. The Hall–Kier alpha value is -1.56. The van der Waals surface area contributed by atoms with Gasteiger partial charge >= 0.3 is 5.97 Å². The van der Waals surface area contributed by atoms with Gasteiger partial charge in [-0.05, 0) is 19.1 Å². The van der Waals surface area contributed by atoms with E-state index in [4.69, 9.17) is 9.47 Å². The number of methoxy groups -OCH3 is 1. The van der Waals surface area contributed by atoms with Crippen LogP contribution in [0.1, 0.15) is 20.3 Å². The monoisotopic (exact) mass is 314 g/mol. The molecule has 0 spiro atoms. The van der Waals surface area contributed by atoms with Crippen molar-refractivity contribution in [3.8, 4) is 11.5 Å². The van der Waals surface area contributed by atoms with E-state index in [1.807, 2.05) is 31.2 Å². The number of benzene rings is 1. The van der Waals surface area contributed by atoms with Crippen molar-refractivity contribution in [2.45, 2.75) is 25.5 Å². The minimum absolute atomic E-state index is 0.151. The smallest absolute Gasteiger partial charge is 0.306 e. The summed E-state index contributed by atoms with van der Waals surface area (Å²) in [5, 5.41) is -0.247. The number of hydrogen-bond acceptors (Lipinski definition) is 5. The topological polar surface area (TPSA) is 61.8 Å². The molecule has 118 valence electrons. The molecule has 5 nitrogen and oxygen atoms in total. The average molecular weight is 314 g/mol. The third-order valence-electron chi connectivity index (χ3n) is 2.82. The first kappa shape index (κ1) is 17.5. The molecule has 0 aliphatic rings. The Morgan fingerprint density at radius 1 is 1.24 bits per heavy atom. The predicted molar refractivity (Wildman–Crippen MR) is 82.2 cm³/mol. The second kappa shape index (κ2) is 9.39. The number of esters is 1. The average Bonchev–Trinajstić information content (AvgIpc) is 2.48. The molecule has 1 aromatic carbocycles. The molecule has 2 atom stereocenters. The maximum absolute atomic E-state index is 12.0. The summed E-state index contributed by atoms with van der Waals surface area (Å²) in [4.78, 5) is 11.1. The van der Waals surface area contributed by atoms with E-state index >= 15 is 0 Å². The van der Waals surface area contributed by atoms with Crippen molar-refractivity contribution in [1.82, 2.24) is 0 Å². The minimum Gasteiger partial charge on any atom is -0.490 e. The van der Waals surface area contributed by atoms with Gasteiger partial charge in [0, 0.05) is 16.0 Å². The number of hydrogen-bond donors (Lipinski definition) is 0. The van der Waals surface area contributed by atoms with E-state index < -0.39 is 10.8 Å². The highest BCUT2D eigenvalue weighted by molar-refractivity contribution is 7.85. The third kappa shape index (κ3) is 6.16. The van der Waals surface area contributed by atoms with E-state index in [0.29, 0.717) is 30.5 Å². The Kier molecular flexibility index (Phi) is 7.82. The summed E-state index contributed by atoms with van der Waals surface area (Å²) in [6.07, 6.45) is 0.151. The van der Waals surface area contributed by atoms with Crippen LogP contribution in [0.5, 0.6) is 11.5 Å². The Labute approximate surface area is 128 Å². The molecular formula is C15H22O5S. The Morgan fingerprint density at radius 3 is 2.43 bits per heavy atom. The first-order chi connectivity index (χ1) is 10.1. The molecule has 0 fully saturated rings. The van der Waals surface area contributed by atoms with Gasteiger partial charge in [-0.1, -0.05) is 19.1 Å². The molecule has 0 aliphatic heterocycles. The van der Waals surface area contributed by atoms with Crippen molar-refractivity contribution in [3.63, 3.8) is 0 Å². The van der Waals surface area contributed by atoms with Crippen LogP contribution in [-0.2, 0) is 20.3 Å². The molecule has 1 aromatic rings. The molecule has 6 heteroatoms.